The summed E-state index contributed by atoms with van der Waals surface area (Å²) in [5.74, 6) is 0.938. The van der Waals surface area contributed by atoms with Crippen LogP contribution >= 0.6 is 0 Å². The summed E-state index contributed by atoms with van der Waals surface area (Å²) in [5, 5.41) is 3.82. The first-order valence-corrected chi connectivity index (χ1v) is 7.86. The molecule has 1 saturated carbocycles. The van der Waals surface area contributed by atoms with Gasteiger partial charge >= 0.3 is 0 Å². The molecule has 0 aliphatic heterocycles. The summed E-state index contributed by atoms with van der Waals surface area (Å²) in [6.45, 7) is 9.10. The lowest BCUT2D eigenvalue weighted by atomic mass is 9.87. The molecule has 1 aliphatic rings. The van der Waals surface area contributed by atoms with E-state index in [-0.39, 0.29) is 0 Å². The molecule has 0 bridgehead atoms. The van der Waals surface area contributed by atoms with Gasteiger partial charge in [0.2, 0.25) is 0 Å². The van der Waals surface area contributed by atoms with E-state index in [9.17, 15) is 0 Å². The van der Waals surface area contributed by atoms with Crippen LogP contribution in [-0.2, 0) is 6.42 Å². The van der Waals surface area contributed by atoms with Crippen molar-refractivity contribution in [1.82, 2.24) is 5.32 Å². The maximum absolute atomic E-state index is 3.82. The third-order valence-electron chi connectivity index (χ3n) is 4.65. The maximum Gasteiger partial charge on any atom is 0.00817 e. The second-order valence-corrected chi connectivity index (χ2v) is 6.65. The number of benzene rings is 1. The molecule has 0 spiro atoms. The van der Waals surface area contributed by atoms with Crippen molar-refractivity contribution in [1.29, 1.82) is 0 Å². The van der Waals surface area contributed by atoms with E-state index in [2.05, 4.69) is 51.2 Å². The van der Waals surface area contributed by atoms with Crippen molar-refractivity contribution in [3.63, 3.8) is 0 Å². The lowest BCUT2D eigenvalue weighted by Crippen LogP contribution is -2.39. The fourth-order valence-electron chi connectivity index (χ4n) is 3.17. The Balaban J connectivity index is 1.83. The molecule has 0 radical (unpaired) electrons. The molecule has 1 unspecified atom stereocenters. The number of hydrogen-bond acceptors (Lipinski definition) is 1. The first-order valence-electron chi connectivity index (χ1n) is 7.86. The van der Waals surface area contributed by atoms with E-state index < -0.39 is 0 Å². The first kappa shape index (κ1) is 14.6. The summed E-state index contributed by atoms with van der Waals surface area (Å²) in [4.78, 5) is 0. The lowest BCUT2D eigenvalue weighted by Gasteiger charge is -2.29. The van der Waals surface area contributed by atoms with Crippen LogP contribution in [0.2, 0.25) is 0 Å². The molecule has 0 aromatic heterocycles. The normalized spacial score (nSPS) is 25.3. The summed E-state index contributed by atoms with van der Waals surface area (Å²) < 4.78 is 0. The summed E-state index contributed by atoms with van der Waals surface area (Å²) >= 11 is 0. The van der Waals surface area contributed by atoms with Crippen molar-refractivity contribution >= 4 is 0 Å². The van der Waals surface area contributed by atoms with E-state index in [0.29, 0.717) is 6.04 Å². The van der Waals surface area contributed by atoms with Gasteiger partial charge in [0.1, 0.15) is 0 Å². The standard InChI is InChI=1S/C18H29N/c1-13-5-9-18(10-6-13)19-16(4)12-17-8-7-14(2)15(3)11-17/h7-8,11,13,16,18-19H,5-6,9-10,12H2,1-4H3. The number of hydrogen-bond donors (Lipinski definition) is 1. The zero-order chi connectivity index (χ0) is 13.8. The number of rotatable bonds is 4. The van der Waals surface area contributed by atoms with Crippen molar-refractivity contribution in [2.45, 2.75) is 71.9 Å². The van der Waals surface area contributed by atoms with Gasteiger partial charge in [-0.3, -0.25) is 0 Å². The summed E-state index contributed by atoms with van der Waals surface area (Å²) in [6.07, 6.45) is 6.66. The van der Waals surface area contributed by atoms with E-state index in [1.165, 1.54) is 42.4 Å². The molecule has 2 rings (SSSR count). The maximum atomic E-state index is 3.82. The van der Waals surface area contributed by atoms with Crippen molar-refractivity contribution in [3.05, 3.63) is 34.9 Å². The van der Waals surface area contributed by atoms with E-state index in [1.807, 2.05) is 0 Å². The quantitative estimate of drug-likeness (QED) is 0.845. The summed E-state index contributed by atoms with van der Waals surface area (Å²) in [7, 11) is 0. The van der Waals surface area contributed by atoms with E-state index in [0.717, 1.165) is 18.4 Å². The number of aryl methyl sites for hydroxylation is 2. The zero-order valence-electron chi connectivity index (χ0n) is 13.0. The second-order valence-electron chi connectivity index (χ2n) is 6.65. The van der Waals surface area contributed by atoms with Gasteiger partial charge in [0.25, 0.3) is 0 Å². The topological polar surface area (TPSA) is 12.0 Å². The van der Waals surface area contributed by atoms with Gasteiger partial charge in [0.15, 0.2) is 0 Å². The molecule has 1 aromatic rings. The third kappa shape index (κ3) is 4.35. The Labute approximate surface area is 118 Å². The zero-order valence-corrected chi connectivity index (χ0v) is 13.0. The van der Waals surface area contributed by atoms with Crippen LogP contribution in [0.3, 0.4) is 0 Å². The fourth-order valence-corrected chi connectivity index (χ4v) is 3.17. The Morgan fingerprint density at radius 3 is 2.42 bits per heavy atom. The third-order valence-corrected chi connectivity index (χ3v) is 4.65. The molecule has 1 atom stereocenters. The van der Waals surface area contributed by atoms with E-state index in [1.54, 1.807) is 0 Å². The highest BCUT2D eigenvalue weighted by molar-refractivity contribution is 5.30. The van der Waals surface area contributed by atoms with Gasteiger partial charge in [-0.15, -0.1) is 0 Å². The second kappa shape index (κ2) is 6.56. The molecule has 1 aromatic carbocycles. The molecule has 0 heterocycles. The predicted octanol–water partition coefficient (Wildman–Crippen LogP) is 4.40. The minimum absolute atomic E-state index is 0.584. The Kier molecular flexibility index (Phi) is 5.04. The average Bonchev–Trinajstić information content (AvgIpc) is 2.37. The molecule has 1 nitrogen and oxygen atoms in total. The van der Waals surface area contributed by atoms with E-state index in [4.69, 9.17) is 0 Å². The Morgan fingerprint density at radius 2 is 1.79 bits per heavy atom. The SMILES string of the molecule is Cc1ccc(CC(C)NC2CCC(C)CC2)cc1C. The lowest BCUT2D eigenvalue weighted by molar-refractivity contribution is 0.290. The average molecular weight is 259 g/mol. The first-order chi connectivity index (χ1) is 9.04. The minimum Gasteiger partial charge on any atom is -0.311 e. The van der Waals surface area contributed by atoms with Gasteiger partial charge in [0.05, 0.1) is 0 Å². The van der Waals surface area contributed by atoms with Gasteiger partial charge < -0.3 is 5.32 Å². The van der Waals surface area contributed by atoms with Gasteiger partial charge in [-0.05, 0) is 75.5 Å². The van der Waals surface area contributed by atoms with Crippen molar-refractivity contribution in [2.24, 2.45) is 5.92 Å². The molecule has 1 N–H and O–H groups in total. The molecule has 1 fully saturated rings. The van der Waals surface area contributed by atoms with Crippen molar-refractivity contribution in [2.75, 3.05) is 0 Å². The van der Waals surface area contributed by atoms with Crippen LogP contribution in [0.5, 0.6) is 0 Å². The van der Waals surface area contributed by atoms with Crippen LogP contribution in [0.25, 0.3) is 0 Å². The van der Waals surface area contributed by atoms with Gasteiger partial charge in [0, 0.05) is 12.1 Å². The Hall–Kier alpha value is -0.820. The molecular weight excluding hydrogens is 230 g/mol. The Bertz CT molecular complexity index is 402. The Morgan fingerprint density at radius 1 is 1.11 bits per heavy atom. The highest BCUT2D eigenvalue weighted by Crippen LogP contribution is 2.24. The van der Waals surface area contributed by atoms with Gasteiger partial charge in [-0.1, -0.05) is 25.1 Å². The largest absolute Gasteiger partial charge is 0.311 e. The molecule has 19 heavy (non-hydrogen) atoms. The van der Waals surface area contributed by atoms with Crippen LogP contribution in [-0.4, -0.2) is 12.1 Å². The van der Waals surface area contributed by atoms with Crippen LogP contribution in [0.1, 0.15) is 56.2 Å². The van der Waals surface area contributed by atoms with Crippen LogP contribution < -0.4 is 5.32 Å². The van der Waals surface area contributed by atoms with Crippen LogP contribution in [0, 0.1) is 19.8 Å². The molecule has 0 saturated heterocycles. The predicted molar refractivity (Wildman–Crippen MR) is 83.6 cm³/mol. The molecule has 0 amide bonds. The summed E-state index contributed by atoms with van der Waals surface area (Å²) in [6, 6.07) is 8.21. The number of nitrogens with one attached hydrogen (secondary N) is 1. The highest BCUT2D eigenvalue weighted by Gasteiger charge is 2.19. The van der Waals surface area contributed by atoms with Gasteiger partial charge in [-0.2, -0.15) is 0 Å². The highest BCUT2D eigenvalue weighted by atomic mass is 14.9. The molecule has 106 valence electrons. The van der Waals surface area contributed by atoms with Crippen molar-refractivity contribution < 1.29 is 0 Å². The van der Waals surface area contributed by atoms with Gasteiger partial charge in [-0.25, -0.2) is 0 Å². The van der Waals surface area contributed by atoms with Crippen molar-refractivity contribution in [3.8, 4) is 0 Å². The van der Waals surface area contributed by atoms with Crippen LogP contribution in [0.4, 0.5) is 0 Å². The minimum atomic E-state index is 0.584. The molecule has 1 heteroatoms. The monoisotopic (exact) mass is 259 g/mol. The fraction of sp³-hybridized carbons (Fsp3) is 0.667. The van der Waals surface area contributed by atoms with Crippen LogP contribution in [0.15, 0.2) is 18.2 Å². The summed E-state index contributed by atoms with van der Waals surface area (Å²) in [5.41, 5.74) is 4.27. The molecule has 1 aliphatic carbocycles. The van der Waals surface area contributed by atoms with E-state index >= 15 is 0 Å². The smallest absolute Gasteiger partial charge is 0.00817 e. The molecular formula is C18H29N.